The second-order valence-corrected chi connectivity index (χ2v) is 5.71. The van der Waals surface area contributed by atoms with Gasteiger partial charge in [0.15, 0.2) is 0 Å². The Bertz CT molecular complexity index is 168. The zero-order chi connectivity index (χ0) is 12.7. The molecule has 0 rings (SSSR count). The van der Waals surface area contributed by atoms with Gasteiger partial charge in [-0.15, -0.1) is 0 Å². The van der Waals surface area contributed by atoms with Gasteiger partial charge in [0.2, 0.25) is 0 Å². The van der Waals surface area contributed by atoms with Crippen LogP contribution >= 0.6 is 0 Å². The van der Waals surface area contributed by atoms with Crippen molar-refractivity contribution in [3.8, 4) is 0 Å². The molecular weight excluding hydrogens is 196 g/mol. The SMILES string of the molecule is CCC(C)NCC(C)N(C)C(C)CC(C)C. The van der Waals surface area contributed by atoms with E-state index in [2.05, 4.69) is 58.8 Å². The topological polar surface area (TPSA) is 15.3 Å². The third-order valence-electron chi connectivity index (χ3n) is 3.58. The zero-order valence-electron chi connectivity index (χ0n) is 12.4. The Morgan fingerprint density at radius 3 is 2.00 bits per heavy atom. The Morgan fingerprint density at radius 2 is 1.56 bits per heavy atom. The van der Waals surface area contributed by atoms with Gasteiger partial charge in [0, 0.05) is 24.7 Å². The van der Waals surface area contributed by atoms with Gasteiger partial charge >= 0.3 is 0 Å². The fourth-order valence-corrected chi connectivity index (χ4v) is 1.94. The highest BCUT2D eigenvalue weighted by atomic mass is 15.2. The average molecular weight is 228 g/mol. The van der Waals surface area contributed by atoms with Crippen LogP contribution in [0, 0.1) is 5.92 Å². The Hall–Kier alpha value is -0.0800. The van der Waals surface area contributed by atoms with Crippen LogP contribution in [0.2, 0.25) is 0 Å². The minimum absolute atomic E-state index is 0.614. The lowest BCUT2D eigenvalue weighted by molar-refractivity contribution is 0.169. The van der Waals surface area contributed by atoms with Crippen LogP contribution in [0.4, 0.5) is 0 Å². The van der Waals surface area contributed by atoms with Crippen LogP contribution in [0.25, 0.3) is 0 Å². The van der Waals surface area contributed by atoms with Crippen LogP contribution in [-0.2, 0) is 0 Å². The first-order valence-electron chi connectivity index (χ1n) is 6.83. The van der Waals surface area contributed by atoms with Gasteiger partial charge in [0.25, 0.3) is 0 Å². The molecule has 16 heavy (non-hydrogen) atoms. The molecule has 98 valence electrons. The van der Waals surface area contributed by atoms with E-state index in [-0.39, 0.29) is 0 Å². The molecule has 0 aliphatic rings. The molecule has 0 aliphatic heterocycles. The van der Waals surface area contributed by atoms with Gasteiger partial charge in [-0.1, -0.05) is 20.8 Å². The molecule has 0 saturated heterocycles. The standard InChI is InChI=1S/C14H32N2/c1-8-12(4)15-10-14(6)16(7)13(5)9-11(2)3/h11-15H,8-10H2,1-7H3. The summed E-state index contributed by atoms with van der Waals surface area (Å²) in [5.74, 6) is 0.784. The molecule has 2 nitrogen and oxygen atoms in total. The molecule has 0 aromatic rings. The first-order valence-corrected chi connectivity index (χ1v) is 6.83. The summed E-state index contributed by atoms with van der Waals surface area (Å²) < 4.78 is 0. The summed E-state index contributed by atoms with van der Waals surface area (Å²) in [7, 11) is 2.25. The third kappa shape index (κ3) is 6.49. The Labute approximate surface area is 103 Å². The van der Waals surface area contributed by atoms with E-state index in [1.54, 1.807) is 0 Å². The van der Waals surface area contributed by atoms with Crippen LogP contribution in [0.3, 0.4) is 0 Å². The van der Waals surface area contributed by atoms with E-state index in [4.69, 9.17) is 0 Å². The maximum atomic E-state index is 3.58. The second-order valence-electron chi connectivity index (χ2n) is 5.71. The molecule has 0 aromatic heterocycles. The summed E-state index contributed by atoms with van der Waals surface area (Å²) in [4.78, 5) is 2.50. The summed E-state index contributed by atoms with van der Waals surface area (Å²) in [5, 5.41) is 3.58. The van der Waals surface area contributed by atoms with Crippen molar-refractivity contribution < 1.29 is 0 Å². The van der Waals surface area contributed by atoms with Crippen molar-refractivity contribution in [3.63, 3.8) is 0 Å². The van der Waals surface area contributed by atoms with Crippen molar-refractivity contribution in [1.82, 2.24) is 10.2 Å². The van der Waals surface area contributed by atoms with Crippen molar-refractivity contribution in [1.29, 1.82) is 0 Å². The van der Waals surface area contributed by atoms with Crippen LogP contribution < -0.4 is 5.32 Å². The van der Waals surface area contributed by atoms with E-state index < -0.39 is 0 Å². The quantitative estimate of drug-likeness (QED) is 0.686. The number of likely N-dealkylation sites (N-methyl/N-ethyl adjacent to an activating group) is 1. The van der Waals surface area contributed by atoms with E-state index in [0.29, 0.717) is 18.1 Å². The third-order valence-corrected chi connectivity index (χ3v) is 3.58. The monoisotopic (exact) mass is 228 g/mol. The van der Waals surface area contributed by atoms with Gasteiger partial charge < -0.3 is 5.32 Å². The maximum Gasteiger partial charge on any atom is 0.0192 e. The molecule has 0 aromatic carbocycles. The highest BCUT2D eigenvalue weighted by Gasteiger charge is 2.16. The molecule has 0 saturated carbocycles. The lowest BCUT2D eigenvalue weighted by Gasteiger charge is -2.32. The summed E-state index contributed by atoms with van der Waals surface area (Å²) in [6.45, 7) is 14.8. The predicted octanol–water partition coefficient (Wildman–Crippen LogP) is 3.13. The Kier molecular flexibility index (Phi) is 8.04. The van der Waals surface area contributed by atoms with Crippen LogP contribution in [0.1, 0.15) is 54.4 Å². The smallest absolute Gasteiger partial charge is 0.0192 e. The van der Waals surface area contributed by atoms with Gasteiger partial charge in [0.05, 0.1) is 0 Å². The second kappa shape index (κ2) is 8.08. The number of nitrogens with one attached hydrogen (secondary N) is 1. The van der Waals surface area contributed by atoms with E-state index in [9.17, 15) is 0 Å². The molecule has 3 unspecified atom stereocenters. The van der Waals surface area contributed by atoms with Crippen molar-refractivity contribution >= 4 is 0 Å². The molecule has 0 radical (unpaired) electrons. The van der Waals surface area contributed by atoms with E-state index >= 15 is 0 Å². The number of nitrogens with zero attached hydrogens (tertiary/aromatic N) is 1. The van der Waals surface area contributed by atoms with Crippen LogP contribution in [0.15, 0.2) is 0 Å². The van der Waals surface area contributed by atoms with Gasteiger partial charge in [-0.2, -0.15) is 0 Å². The number of hydrogen-bond donors (Lipinski definition) is 1. The van der Waals surface area contributed by atoms with Crippen molar-refractivity contribution in [3.05, 3.63) is 0 Å². The molecule has 0 fully saturated rings. The lowest BCUT2D eigenvalue weighted by Crippen LogP contribution is -2.44. The van der Waals surface area contributed by atoms with Crippen LogP contribution in [-0.4, -0.2) is 36.6 Å². The Balaban J connectivity index is 3.92. The highest BCUT2D eigenvalue weighted by Crippen LogP contribution is 2.11. The average Bonchev–Trinajstić information content (AvgIpc) is 2.23. The van der Waals surface area contributed by atoms with Gasteiger partial charge in [-0.3, -0.25) is 4.90 Å². The maximum absolute atomic E-state index is 3.58. The zero-order valence-corrected chi connectivity index (χ0v) is 12.4. The van der Waals surface area contributed by atoms with Crippen LogP contribution in [0.5, 0.6) is 0 Å². The van der Waals surface area contributed by atoms with E-state index in [1.165, 1.54) is 12.8 Å². The molecule has 1 N–H and O–H groups in total. The van der Waals surface area contributed by atoms with Gasteiger partial charge in [0.1, 0.15) is 0 Å². The molecule has 0 spiro atoms. The van der Waals surface area contributed by atoms with Crippen molar-refractivity contribution in [2.45, 2.75) is 72.5 Å². The fourth-order valence-electron chi connectivity index (χ4n) is 1.94. The first-order chi connectivity index (χ1) is 7.38. The van der Waals surface area contributed by atoms with Crippen molar-refractivity contribution in [2.24, 2.45) is 5.92 Å². The minimum Gasteiger partial charge on any atom is -0.313 e. The summed E-state index contributed by atoms with van der Waals surface area (Å²) >= 11 is 0. The Morgan fingerprint density at radius 1 is 1.00 bits per heavy atom. The highest BCUT2D eigenvalue weighted by molar-refractivity contribution is 4.74. The minimum atomic E-state index is 0.614. The summed E-state index contributed by atoms with van der Waals surface area (Å²) in [6, 6.07) is 1.92. The normalized spacial score (nSPS) is 17.8. The molecule has 0 heterocycles. The van der Waals surface area contributed by atoms with E-state index in [0.717, 1.165) is 12.5 Å². The van der Waals surface area contributed by atoms with E-state index in [1.807, 2.05) is 0 Å². The summed E-state index contributed by atoms with van der Waals surface area (Å²) in [6.07, 6.45) is 2.49. The number of hydrogen-bond acceptors (Lipinski definition) is 2. The van der Waals surface area contributed by atoms with Gasteiger partial charge in [-0.25, -0.2) is 0 Å². The lowest BCUT2D eigenvalue weighted by atomic mass is 10.0. The first kappa shape index (κ1) is 15.9. The molecule has 0 aliphatic carbocycles. The summed E-state index contributed by atoms with van der Waals surface area (Å²) in [5.41, 5.74) is 0. The molecule has 3 atom stereocenters. The largest absolute Gasteiger partial charge is 0.313 e. The fraction of sp³-hybridized carbons (Fsp3) is 1.00. The molecule has 2 heteroatoms. The molecular formula is C14H32N2. The van der Waals surface area contributed by atoms with Gasteiger partial charge in [-0.05, 0) is 46.6 Å². The predicted molar refractivity (Wildman–Crippen MR) is 73.9 cm³/mol. The molecule has 0 bridgehead atoms. The number of rotatable bonds is 8. The molecule has 0 amide bonds. The van der Waals surface area contributed by atoms with Crippen molar-refractivity contribution in [2.75, 3.05) is 13.6 Å².